The predicted octanol–water partition coefficient (Wildman–Crippen LogP) is 3.45. The molecule has 31 heavy (non-hydrogen) atoms. The van der Waals surface area contributed by atoms with Crippen molar-refractivity contribution >= 4 is 39.0 Å². The topological polar surface area (TPSA) is 115 Å². The summed E-state index contributed by atoms with van der Waals surface area (Å²) in [6.45, 7) is 1.90. The van der Waals surface area contributed by atoms with Crippen molar-refractivity contribution in [3.63, 3.8) is 0 Å². The summed E-state index contributed by atoms with van der Waals surface area (Å²) >= 11 is 6.03. The van der Waals surface area contributed by atoms with Gasteiger partial charge in [0.25, 0.3) is 5.91 Å². The normalized spacial score (nSPS) is 11.1. The first-order valence-electron chi connectivity index (χ1n) is 9.00. The Labute approximate surface area is 184 Å². The van der Waals surface area contributed by atoms with Gasteiger partial charge in [-0.1, -0.05) is 41.4 Å². The Hall–Kier alpha value is -3.30. The summed E-state index contributed by atoms with van der Waals surface area (Å²) in [5.41, 5.74) is 1.96. The van der Waals surface area contributed by atoms with E-state index in [4.69, 9.17) is 11.6 Å². The van der Waals surface area contributed by atoms with Crippen LogP contribution >= 0.6 is 11.6 Å². The van der Waals surface area contributed by atoms with Crippen molar-refractivity contribution in [1.29, 1.82) is 0 Å². The summed E-state index contributed by atoms with van der Waals surface area (Å²) in [5.74, 6) is -1.55. The van der Waals surface area contributed by atoms with Gasteiger partial charge in [-0.3, -0.25) is 4.79 Å². The lowest BCUT2D eigenvalue weighted by molar-refractivity contribution is 0.0600. The third-order valence-electron chi connectivity index (χ3n) is 4.26. The van der Waals surface area contributed by atoms with Gasteiger partial charge in [0.05, 0.1) is 29.6 Å². The minimum absolute atomic E-state index is 0.0991. The summed E-state index contributed by atoms with van der Waals surface area (Å²) in [6, 6.07) is 12.9. The second-order valence-electron chi connectivity index (χ2n) is 6.62. The number of aromatic nitrogens is 2. The van der Waals surface area contributed by atoms with E-state index in [-0.39, 0.29) is 16.5 Å². The van der Waals surface area contributed by atoms with Crippen molar-refractivity contribution in [3.8, 4) is 0 Å². The maximum Gasteiger partial charge on any atom is 0.337 e. The van der Waals surface area contributed by atoms with Gasteiger partial charge in [0, 0.05) is 5.69 Å². The highest BCUT2D eigenvalue weighted by Gasteiger charge is 2.23. The SMILES string of the molecule is COC(=O)c1ccc(NC(=O)c2nc(S(=O)(=O)Cc3ccc(C)cc3)ncc2Cl)cc1. The summed E-state index contributed by atoms with van der Waals surface area (Å²) in [4.78, 5) is 31.8. The molecule has 0 aliphatic heterocycles. The molecular formula is C21H18ClN3O5S. The standard InChI is InChI=1S/C21H18ClN3O5S/c1-13-3-5-14(6-4-13)12-31(28,29)21-23-11-17(22)18(25-21)19(26)24-16-9-7-15(8-10-16)20(27)30-2/h3-11H,12H2,1-2H3,(H,24,26). The summed E-state index contributed by atoms with van der Waals surface area (Å²) in [5, 5.41) is 1.96. The molecule has 0 fully saturated rings. The third kappa shape index (κ3) is 5.44. The number of sulfone groups is 1. The van der Waals surface area contributed by atoms with Crippen LogP contribution in [-0.2, 0) is 20.3 Å². The maximum atomic E-state index is 12.7. The number of aryl methyl sites for hydroxylation is 1. The molecule has 1 heterocycles. The van der Waals surface area contributed by atoms with Gasteiger partial charge in [-0.15, -0.1) is 0 Å². The lowest BCUT2D eigenvalue weighted by atomic mass is 10.2. The van der Waals surface area contributed by atoms with Gasteiger partial charge in [-0.05, 0) is 36.8 Å². The highest BCUT2D eigenvalue weighted by molar-refractivity contribution is 7.90. The van der Waals surface area contributed by atoms with Crippen LogP contribution in [0.3, 0.4) is 0 Å². The number of nitrogens with zero attached hydrogens (tertiary/aromatic N) is 2. The number of anilines is 1. The van der Waals surface area contributed by atoms with Gasteiger partial charge in [0.1, 0.15) is 0 Å². The average molecular weight is 460 g/mol. The highest BCUT2D eigenvalue weighted by atomic mass is 35.5. The molecule has 1 N–H and O–H groups in total. The van der Waals surface area contributed by atoms with Gasteiger partial charge in [0.2, 0.25) is 15.0 Å². The van der Waals surface area contributed by atoms with Crippen LogP contribution in [0.1, 0.15) is 32.0 Å². The number of ether oxygens (including phenoxy) is 1. The lowest BCUT2D eigenvalue weighted by Gasteiger charge is -2.09. The van der Waals surface area contributed by atoms with Crippen molar-refractivity contribution in [2.24, 2.45) is 0 Å². The quantitative estimate of drug-likeness (QED) is 0.443. The molecule has 0 radical (unpaired) electrons. The smallest absolute Gasteiger partial charge is 0.337 e. The Morgan fingerprint density at radius 1 is 1.06 bits per heavy atom. The highest BCUT2D eigenvalue weighted by Crippen LogP contribution is 2.20. The molecule has 3 rings (SSSR count). The molecule has 160 valence electrons. The fourth-order valence-corrected chi connectivity index (χ4v) is 4.01. The number of halogens is 1. The average Bonchev–Trinajstić information content (AvgIpc) is 2.75. The van der Waals surface area contributed by atoms with E-state index in [0.29, 0.717) is 16.8 Å². The number of methoxy groups -OCH3 is 1. The predicted molar refractivity (Wildman–Crippen MR) is 115 cm³/mol. The van der Waals surface area contributed by atoms with Gasteiger partial charge < -0.3 is 10.1 Å². The fourth-order valence-electron chi connectivity index (χ4n) is 2.63. The van der Waals surface area contributed by atoms with Crippen molar-refractivity contribution in [2.45, 2.75) is 17.8 Å². The zero-order chi connectivity index (χ0) is 22.6. The molecule has 0 unspecified atom stereocenters. The lowest BCUT2D eigenvalue weighted by Crippen LogP contribution is -2.18. The molecule has 0 saturated carbocycles. The fraction of sp³-hybridized carbons (Fsp3) is 0.143. The Balaban J connectivity index is 1.82. The second-order valence-corrected chi connectivity index (χ2v) is 8.91. The largest absolute Gasteiger partial charge is 0.465 e. The minimum atomic E-state index is -3.90. The van der Waals surface area contributed by atoms with Crippen LogP contribution in [0.4, 0.5) is 5.69 Å². The molecule has 0 saturated heterocycles. The molecule has 0 atom stereocenters. The van der Waals surface area contributed by atoms with Crippen LogP contribution in [0.15, 0.2) is 59.9 Å². The molecule has 1 aromatic heterocycles. The van der Waals surface area contributed by atoms with Crippen LogP contribution in [0.2, 0.25) is 5.02 Å². The maximum absolute atomic E-state index is 12.7. The van der Waals surface area contributed by atoms with E-state index in [1.807, 2.05) is 6.92 Å². The first-order valence-corrected chi connectivity index (χ1v) is 11.0. The van der Waals surface area contributed by atoms with Crippen molar-refractivity contribution in [1.82, 2.24) is 9.97 Å². The number of amides is 1. The van der Waals surface area contributed by atoms with Crippen LogP contribution in [0.25, 0.3) is 0 Å². The molecule has 10 heteroatoms. The number of carbonyl (C=O) groups excluding carboxylic acids is 2. The van der Waals surface area contributed by atoms with Crippen molar-refractivity contribution in [3.05, 3.63) is 82.1 Å². The van der Waals surface area contributed by atoms with E-state index < -0.39 is 26.9 Å². The van der Waals surface area contributed by atoms with E-state index in [0.717, 1.165) is 11.8 Å². The molecule has 1 amide bonds. The van der Waals surface area contributed by atoms with Crippen molar-refractivity contribution in [2.75, 3.05) is 12.4 Å². The van der Waals surface area contributed by atoms with Crippen LogP contribution in [0, 0.1) is 6.92 Å². The number of carbonyl (C=O) groups is 2. The van der Waals surface area contributed by atoms with Gasteiger partial charge in [-0.25, -0.2) is 23.2 Å². The van der Waals surface area contributed by atoms with E-state index in [1.54, 1.807) is 24.3 Å². The number of esters is 1. The van der Waals surface area contributed by atoms with E-state index >= 15 is 0 Å². The third-order valence-corrected chi connectivity index (χ3v) is 6.00. The van der Waals surface area contributed by atoms with E-state index in [2.05, 4.69) is 20.0 Å². The van der Waals surface area contributed by atoms with Gasteiger partial charge in [-0.2, -0.15) is 0 Å². The first kappa shape index (κ1) is 22.4. The number of hydrogen-bond acceptors (Lipinski definition) is 7. The van der Waals surface area contributed by atoms with Crippen molar-refractivity contribution < 1.29 is 22.7 Å². The molecule has 3 aromatic rings. The Kier molecular flexibility index (Phi) is 6.67. The Bertz CT molecular complexity index is 1230. The molecule has 0 aliphatic carbocycles. The van der Waals surface area contributed by atoms with E-state index in [9.17, 15) is 18.0 Å². The summed E-state index contributed by atoms with van der Waals surface area (Å²) < 4.78 is 30.1. The molecule has 0 spiro atoms. The Morgan fingerprint density at radius 3 is 2.32 bits per heavy atom. The molecule has 0 aliphatic rings. The summed E-state index contributed by atoms with van der Waals surface area (Å²) in [6.07, 6.45) is 1.08. The summed E-state index contributed by atoms with van der Waals surface area (Å²) in [7, 11) is -2.64. The molecule has 2 aromatic carbocycles. The van der Waals surface area contributed by atoms with E-state index in [1.165, 1.54) is 31.4 Å². The van der Waals surface area contributed by atoms with Gasteiger partial charge in [0.15, 0.2) is 5.69 Å². The number of rotatable bonds is 6. The number of nitrogens with one attached hydrogen (secondary N) is 1. The van der Waals surface area contributed by atoms with Crippen LogP contribution in [0.5, 0.6) is 0 Å². The first-order chi connectivity index (χ1) is 14.7. The Morgan fingerprint density at radius 2 is 1.71 bits per heavy atom. The minimum Gasteiger partial charge on any atom is -0.465 e. The van der Waals surface area contributed by atoms with Crippen LogP contribution in [-0.4, -0.2) is 37.4 Å². The molecule has 8 nitrogen and oxygen atoms in total. The number of benzene rings is 2. The van der Waals surface area contributed by atoms with Crippen LogP contribution < -0.4 is 5.32 Å². The molecule has 0 bridgehead atoms. The molecular weight excluding hydrogens is 442 g/mol. The number of hydrogen-bond donors (Lipinski definition) is 1. The second kappa shape index (κ2) is 9.23. The zero-order valence-corrected chi connectivity index (χ0v) is 18.2. The zero-order valence-electron chi connectivity index (χ0n) is 16.6. The monoisotopic (exact) mass is 459 g/mol. The van der Waals surface area contributed by atoms with Gasteiger partial charge >= 0.3 is 5.97 Å².